The minimum atomic E-state index is -1.17. The molecule has 106 valence electrons. The van der Waals surface area contributed by atoms with Gasteiger partial charge in [0.05, 0.1) is 25.0 Å². The van der Waals surface area contributed by atoms with E-state index in [0.717, 1.165) is 0 Å². The lowest BCUT2D eigenvalue weighted by molar-refractivity contribution is -0.0598. The summed E-state index contributed by atoms with van der Waals surface area (Å²) >= 11 is 0. The fraction of sp³-hybridized carbons (Fsp3) is 0.643. The predicted octanol–water partition coefficient (Wildman–Crippen LogP) is 1.36. The van der Waals surface area contributed by atoms with Gasteiger partial charge in [-0.05, 0) is 18.9 Å². The number of furan rings is 1. The number of piperidine rings is 1. The van der Waals surface area contributed by atoms with Gasteiger partial charge in [0, 0.05) is 12.5 Å². The molecule has 1 aromatic heterocycles. The minimum absolute atomic E-state index is 0.135. The predicted molar refractivity (Wildman–Crippen MR) is 70.0 cm³/mol. The van der Waals surface area contributed by atoms with Crippen molar-refractivity contribution in [2.24, 2.45) is 0 Å². The number of nitrogens with zero attached hydrogens (tertiary/aromatic N) is 1. The van der Waals surface area contributed by atoms with Gasteiger partial charge >= 0.3 is 0 Å². The number of aliphatic hydroxyl groups excluding tert-OH is 1. The molecule has 1 unspecified atom stereocenters. The number of carbonyl (C=O) groups excluding carboxylic acids is 1. The fourth-order valence-corrected chi connectivity index (χ4v) is 2.53. The van der Waals surface area contributed by atoms with E-state index in [-0.39, 0.29) is 25.0 Å². The molecule has 5 heteroatoms. The Bertz CT molecular complexity index is 454. The molecule has 1 aromatic rings. The zero-order valence-corrected chi connectivity index (χ0v) is 11.4. The van der Waals surface area contributed by atoms with Crippen molar-refractivity contribution in [3.63, 3.8) is 0 Å². The maximum absolute atomic E-state index is 12.5. The van der Waals surface area contributed by atoms with Gasteiger partial charge in [-0.3, -0.25) is 4.79 Å². The highest BCUT2D eigenvalue weighted by atomic mass is 16.3. The summed E-state index contributed by atoms with van der Waals surface area (Å²) < 4.78 is 5.36. The molecule has 5 nitrogen and oxygen atoms in total. The zero-order valence-electron chi connectivity index (χ0n) is 11.4. The number of hydrogen-bond acceptors (Lipinski definition) is 4. The Morgan fingerprint density at radius 2 is 2.32 bits per heavy atom. The van der Waals surface area contributed by atoms with E-state index in [9.17, 15) is 15.0 Å². The van der Waals surface area contributed by atoms with E-state index in [1.54, 1.807) is 11.0 Å². The van der Waals surface area contributed by atoms with Crippen LogP contribution in [0.1, 0.15) is 48.7 Å². The number of β-amino-alcohol motifs (C(OH)–C–C–N with tert-alkyl or cyclic N) is 1. The van der Waals surface area contributed by atoms with E-state index in [0.29, 0.717) is 30.7 Å². The standard InChI is InChI=1S/C14H21NO4/c1-10(2)12-11(4-7-19-12)13(17)15-6-3-5-14(18,8-15)9-16/h4,7,10,16,18H,3,5-6,8-9H2,1-2H3. The van der Waals surface area contributed by atoms with Crippen LogP contribution in [0.4, 0.5) is 0 Å². The quantitative estimate of drug-likeness (QED) is 0.867. The second kappa shape index (κ2) is 5.35. The van der Waals surface area contributed by atoms with Crippen LogP contribution in [0.2, 0.25) is 0 Å². The molecule has 0 bridgehead atoms. The second-order valence-electron chi connectivity index (χ2n) is 5.57. The molecule has 1 atom stereocenters. The Labute approximate surface area is 112 Å². The Balaban J connectivity index is 2.17. The largest absolute Gasteiger partial charge is 0.468 e. The van der Waals surface area contributed by atoms with Crippen LogP contribution in [-0.2, 0) is 0 Å². The highest BCUT2D eigenvalue weighted by Gasteiger charge is 2.35. The van der Waals surface area contributed by atoms with Crippen LogP contribution in [0.15, 0.2) is 16.7 Å². The van der Waals surface area contributed by atoms with Crippen LogP contribution >= 0.6 is 0 Å². The van der Waals surface area contributed by atoms with Gasteiger partial charge in [-0.25, -0.2) is 0 Å². The van der Waals surface area contributed by atoms with Gasteiger partial charge in [-0.15, -0.1) is 0 Å². The smallest absolute Gasteiger partial charge is 0.257 e. The van der Waals surface area contributed by atoms with Crippen molar-refractivity contribution in [2.75, 3.05) is 19.7 Å². The number of hydrogen-bond donors (Lipinski definition) is 2. The molecular formula is C14H21NO4. The van der Waals surface area contributed by atoms with Crippen molar-refractivity contribution >= 4 is 5.91 Å². The molecule has 2 heterocycles. The van der Waals surface area contributed by atoms with E-state index >= 15 is 0 Å². The van der Waals surface area contributed by atoms with E-state index in [1.165, 1.54) is 6.26 Å². The van der Waals surface area contributed by atoms with Gasteiger partial charge in [0.25, 0.3) is 5.91 Å². The lowest BCUT2D eigenvalue weighted by atomic mass is 9.93. The molecule has 0 aromatic carbocycles. The first-order valence-electron chi connectivity index (χ1n) is 6.67. The van der Waals surface area contributed by atoms with Crippen molar-refractivity contribution in [1.82, 2.24) is 4.90 Å². The molecule has 0 aliphatic carbocycles. The molecule has 0 spiro atoms. The summed E-state index contributed by atoms with van der Waals surface area (Å²) in [7, 11) is 0. The summed E-state index contributed by atoms with van der Waals surface area (Å²) in [5.41, 5.74) is -0.618. The molecule has 1 aliphatic heterocycles. The lowest BCUT2D eigenvalue weighted by Gasteiger charge is -2.38. The highest BCUT2D eigenvalue weighted by molar-refractivity contribution is 5.95. The van der Waals surface area contributed by atoms with E-state index < -0.39 is 5.60 Å². The molecule has 1 aliphatic rings. The van der Waals surface area contributed by atoms with Gasteiger partial charge in [0.2, 0.25) is 0 Å². The third kappa shape index (κ3) is 2.82. The Morgan fingerprint density at radius 1 is 1.58 bits per heavy atom. The summed E-state index contributed by atoms with van der Waals surface area (Å²) in [6.07, 6.45) is 2.73. The first kappa shape index (κ1) is 14.1. The molecule has 1 fully saturated rings. The topological polar surface area (TPSA) is 73.9 Å². The molecule has 0 radical (unpaired) electrons. The van der Waals surface area contributed by atoms with Crippen molar-refractivity contribution in [1.29, 1.82) is 0 Å². The van der Waals surface area contributed by atoms with Crippen LogP contribution < -0.4 is 0 Å². The normalized spacial score (nSPS) is 23.9. The van der Waals surface area contributed by atoms with Gasteiger partial charge in [-0.2, -0.15) is 0 Å². The van der Waals surface area contributed by atoms with Gasteiger partial charge < -0.3 is 19.5 Å². The lowest BCUT2D eigenvalue weighted by Crippen LogP contribution is -2.52. The SMILES string of the molecule is CC(C)c1occc1C(=O)N1CCCC(O)(CO)C1. The van der Waals surface area contributed by atoms with Crippen molar-refractivity contribution in [3.8, 4) is 0 Å². The van der Waals surface area contributed by atoms with E-state index in [4.69, 9.17) is 4.42 Å². The maximum Gasteiger partial charge on any atom is 0.257 e. The third-order valence-corrected chi connectivity index (χ3v) is 3.59. The maximum atomic E-state index is 12.5. The van der Waals surface area contributed by atoms with Gasteiger partial charge in [0.1, 0.15) is 11.4 Å². The van der Waals surface area contributed by atoms with Crippen LogP contribution in [0.5, 0.6) is 0 Å². The number of amides is 1. The highest BCUT2D eigenvalue weighted by Crippen LogP contribution is 2.26. The average Bonchev–Trinajstić information content (AvgIpc) is 2.87. The summed E-state index contributed by atoms with van der Waals surface area (Å²) in [6.45, 7) is 4.39. The number of aliphatic hydroxyl groups is 2. The Kier molecular flexibility index (Phi) is 3.96. The molecule has 0 saturated carbocycles. The van der Waals surface area contributed by atoms with Crippen LogP contribution in [0.25, 0.3) is 0 Å². The Hall–Kier alpha value is -1.33. The first-order chi connectivity index (χ1) is 8.97. The molecule has 1 saturated heterocycles. The molecule has 19 heavy (non-hydrogen) atoms. The van der Waals surface area contributed by atoms with Crippen LogP contribution in [-0.4, -0.2) is 46.3 Å². The summed E-state index contributed by atoms with van der Waals surface area (Å²) in [5, 5.41) is 19.3. The van der Waals surface area contributed by atoms with Crippen molar-refractivity contribution in [2.45, 2.75) is 38.2 Å². The number of carbonyl (C=O) groups is 1. The summed E-state index contributed by atoms with van der Waals surface area (Å²) in [5.74, 6) is 0.669. The zero-order chi connectivity index (χ0) is 14.0. The third-order valence-electron chi connectivity index (χ3n) is 3.59. The minimum Gasteiger partial charge on any atom is -0.468 e. The van der Waals surface area contributed by atoms with E-state index in [2.05, 4.69) is 0 Å². The Morgan fingerprint density at radius 3 is 2.95 bits per heavy atom. The van der Waals surface area contributed by atoms with Gasteiger partial charge in [-0.1, -0.05) is 13.8 Å². The van der Waals surface area contributed by atoms with Crippen molar-refractivity contribution < 1.29 is 19.4 Å². The molecular weight excluding hydrogens is 246 g/mol. The van der Waals surface area contributed by atoms with Crippen LogP contribution in [0.3, 0.4) is 0 Å². The summed E-state index contributed by atoms with van der Waals surface area (Å²) in [4.78, 5) is 14.1. The number of rotatable bonds is 3. The van der Waals surface area contributed by atoms with E-state index in [1.807, 2.05) is 13.8 Å². The fourth-order valence-electron chi connectivity index (χ4n) is 2.53. The second-order valence-corrected chi connectivity index (χ2v) is 5.57. The average molecular weight is 267 g/mol. The van der Waals surface area contributed by atoms with Crippen LogP contribution in [0, 0.1) is 0 Å². The first-order valence-corrected chi connectivity index (χ1v) is 6.67. The monoisotopic (exact) mass is 267 g/mol. The van der Waals surface area contributed by atoms with Crippen molar-refractivity contribution in [3.05, 3.63) is 23.7 Å². The molecule has 2 rings (SSSR count). The van der Waals surface area contributed by atoms with Gasteiger partial charge in [0.15, 0.2) is 0 Å². The summed E-state index contributed by atoms with van der Waals surface area (Å²) in [6, 6.07) is 1.67. The molecule has 2 N–H and O–H groups in total. The molecule has 1 amide bonds. The number of likely N-dealkylation sites (tertiary alicyclic amines) is 1.